The molecule has 6 nitrogen and oxygen atoms in total. The van der Waals surface area contributed by atoms with E-state index >= 15 is 0 Å². The zero-order valence-corrected chi connectivity index (χ0v) is 30.4. The van der Waals surface area contributed by atoms with E-state index in [1.165, 1.54) is 6.07 Å². The second-order valence-electron chi connectivity index (χ2n) is 13.3. The lowest BCUT2D eigenvalue weighted by Crippen LogP contribution is -2.47. The smallest absolute Gasteiger partial charge is 0.449 e. The molecule has 14 heteroatoms. The van der Waals surface area contributed by atoms with Crippen LogP contribution in [0.2, 0.25) is 33.2 Å². The summed E-state index contributed by atoms with van der Waals surface area (Å²) in [6.45, 7) is 24.4. The van der Waals surface area contributed by atoms with Crippen LogP contribution < -0.4 is 0 Å². The normalized spacial score (nSPS) is 13.5. The maximum atomic E-state index is 13.1. The van der Waals surface area contributed by atoms with Crippen molar-refractivity contribution in [3.05, 3.63) is 46.8 Å². The number of furan rings is 2. The molecule has 0 aromatic carbocycles. The number of hydrogen-bond donors (Lipinski definition) is 1. The van der Waals surface area contributed by atoms with Gasteiger partial charge in [-0.15, -0.1) is 0 Å². The standard InChI is InChI=1S/C16H25F3O4Si.C15H25F3O2Si/c1-9(2)24(10(3)4,11(5)6)22-8-12-7-13(15(20)21)23-14(12)16(17,18)19;1-10(2)21(11(3)4,12(5)6)20-9-13-7-8-19-14(13)15(16,17)18/h7,9-11H,8H2,1-6H3,(H,20,21);7-8,10-12H,9H2,1-6H3. The Morgan fingerprint density at radius 3 is 1.36 bits per heavy atom. The first-order chi connectivity index (χ1) is 20.4. The average Bonchev–Trinajstić information content (AvgIpc) is 3.51. The van der Waals surface area contributed by atoms with Gasteiger partial charge >= 0.3 is 18.3 Å². The highest BCUT2D eigenvalue weighted by Crippen LogP contribution is 2.45. The third-order valence-corrected chi connectivity index (χ3v) is 20.8. The number of aromatic carboxylic acids is 1. The average molecular weight is 689 g/mol. The molecule has 1 N–H and O–H groups in total. The molecule has 0 spiro atoms. The number of carboxylic acids is 1. The Morgan fingerprint density at radius 1 is 0.689 bits per heavy atom. The van der Waals surface area contributed by atoms with Crippen LogP contribution >= 0.6 is 0 Å². The van der Waals surface area contributed by atoms with Gasteiger partial charge in [-0.1, -0.05) is 83.1 Å². The SMILES string of the molecule is CC(C)[Si](OCc1cc(C(=O)O)oc1C(F)(F)F)(C(C)C)C(C)C.CC(C)[Si](OCc1ccoc1C(F)(F)F)(C(C)C)C(C)C. The Balaban J connectivity index is 0.000000454. The van der Waals surface area contributed by atoms with Crippen molar-refractivity contribution >= 4 is 22.6 Å². The van der Waals surface area contributed by atoms with E-state index in [1.807, 2.05) is 41.5 Å². The van der Waals surface area contributed by atoms with Crippen LogP contribution in [-0.4, -0.2) is 27.7 Å². The summed E-state index contributed by atoms with van der Waals surface area (Å²) in [5.41, 5.74) is 1.43. The number of hydrogen-bond acceptors (Lipinski definition) is 5. The summed E-state index contributed by atoms with van der Waals surface area (Å²) in [6.07, 6.45) is -8.16. The minimum atomic E-state index is -4.76. The molecule has 0 bridgehead atoms. The van der Waals surface area contributed by atoms with Gasteiger partial charge in [0.05, 0.1) is 19.5 Å². The van der Waals surface area contributed by atoms with Gasteiger partial charge in [0.2, 0.25) is 33.9 Å². The lowest BCUT2D eigenvalue weighted by molar-refractivity contribution is -0.154. The van der Waals surface area contributed by atoms with Crippen molar-refractivity contribution in [3.8, 4) is 0 Å². The zero-order valence-electron chi connectivity index (χ0n) is 28.4. The van der Waals surface area contributed by atoms with Gasteiger partial charge in [0.25, 0.3) is 0 Å². The molecule has 260 valence electrons. The van der Waals surface area contributed by atoms with E-state index in [4.69, 9.17) is 14.0 Å². The summed E-state index contributed by atoms with van der Waals surface area (Å²) in [5.74, 6) is -4.50. The Kier molecular flexibility index (Phi) is 14.3. The zero-order chi connectivity index (χ0) is 35.3. The molecule has 2 aromatic heterocycles. The van der Waals surface area contributed by atoms with Gasteiger partial charge in [-0.3, -0.25) is 0 Å². The number of rotatable bonds is 13. The molecule has 0 saturated carbocycles. The monoisotopic (exact) mass is 688 g/mol. The second-order valence-corrected chi connectivity index (χ2v) is 24.2. The van der Waals surface area contributed by atoms with Crippen LogP contribution in [0, 0.1) is 0 Å². The lowest BCUT2D eigenvalue weighted by atomic mass is 10.2. The minimum Gasteiger partial charge on any atom is -0.475 e. The second kappa shape index (κ2) is 15.7. The molecule has 0 amide bonds. The maximum absolute atomic E-state index is 13.1. The van der Waals surface area contributed by atoms with Crippen LogP contribution in [0.5, 0.6) is 0 Å². The van der Waals surface area contributed by atoms with Crippen LogP contribution in [0.15, 0.2) is 27.2 Å². The fourth-order valence-electron chi connectivity index (χ4n) is 6.98. The van der Waals surface area contributed by atoms with Crippen molar-refractivity contribution in [1.29, 1.82) is 0 Å². The van der Waals surface area contributed by atoms with Gasteiger partial charge in [0.1, 0.15) is 0 Å². The number of carboxylic acid groups (broad SMARTS) is 1. The van der Waals surface area contributed by atoms with Gasteiger partial charge in [0.15, 0.2) is 0 Å². The molecule has 0 radical (unpaired) electrons. The van der Waals surface area contributed by atoms with E-state index in [0.717, 1.165) is 12.3 Å². The molecule has 0 saturated heterocycles. The summed E-state index contributed by atoms with van der Waals surface area (Å²) < 4.78 is 99.2. The number of carbonyl (C=O) groups is 1. The number of halogens is 6. The molecule has 2 aromatic rings. The van der Waals surface area contributed by atoms with Crippen LogP contribution in [0.3, 0.4) is 0 Å². The molecule has 0 atom stereocenters. The van der Waals surface area contributed by atoms with E-state index in [2.05, 4.69) is 50.4 Å². The highest BCUT2D eigenvalue weighted by Gasteiger charge is 2.47. The van der Waals surface area contributed by atoms with E-state index in [1.54, 1.807) is 0 Å². The lowest BCUT2D eigenvalue weighted by Gasteiger charge is -2.42. The van der Waals surface area contributed by atoms with Crippen molar-refractivity contribution in [2.75, 3.05) is 0 Å². The van der Waals surface area contributed by atoms with Crippen LogP contribution in [-0.2, 0) is 34.4 Å². The number of alkyl halides is 6. The first-order valence-electron chi connectivity index (χ1n) is 15.2. The summed E-state index contributed by atoms with van der Waals surface area (Å²) in [5, 5.41) is 8.89. The predicted molar refractivity (Wildman–Crippen MR) is 166 cm³/mol. The maximum Gasteiger partial charge on any atom is 0.449 e. The Morgan fingerprint density at radius 2 is 1.04 bits per heavy atom. The fraction of sp³-hybridized carbons (Fsp3) is 0.710. The Hall–Kier alpha value is -2.04. The predicted octanol–water partition coefficient (Wildman–Crippen LogP) is 11.7. The summed E-state index contributed by atoms with van der Waals surface area (Å²) >= 11 is 0. The molecule has 45 heavy (non-hydrogen) atoms. The van der Waals surface area contributed by atoms with Gasteiger partial charge in [-0.2, -0.15) is 26.3 Å². The van der Waals surface area contributed by atoms with Gasteiger partial charge < -0.3 is 22.8 Å². The minimum absolute atomic E-state index is 0.0356. The van der Waals surface area contributed by atoms with E-state index in [9.17, 15) is 31.1 Å². The molecule has 0 aliphatic rings. The highest BCUT2D eigenvalue weighted by atomic mass is 28.4. The van der Waals surface area contributed by atoms with Gasteiger partial charge in [0, 0.05) is 11.1 Å². The van der Waals surface area contributed by atoms with Crippen LogP contribution in [0.1, 0.15) is 116 Å². The summed E-state index contributed by atoms with van der Waals surface area (Å²) in [7, 11) is -4.54. The third-order valence-electron chi connectivity index (χ3n) is 8.65. The Labute approximate surface area is 265 Å². The summed E-state index contributed by atoms with van der Waals surface area (Å²) in [6, 6.07) is 2.26. The Bertz CT molecular complexity index is 1170. The van der Waals surface area contributed by atoms with E-state index in [0.29, 0.717) is 16.6 Å². The molecular weight excluding hydrogens is 638 g/mol. The molecule has 2 rings (SSSR count). The molecule has 0 aliphatic carbocycles. The summed E-state index contributed by atoms with van der Waals surface area (Å²) in [4.78, 5) is 10.9. The molecule has 0 aliphatic heterocycles. The van der Waals surface area contributed by atoms with Crippen molar-refractivity contribution in [2.24, 2.45) is 0 Å². The van der Waals surface area contributed by atoms with Crippen LogP contribution in [0.4, 0.5) is 26.3 Å². The largest absolute Gasteiger partial charge is 0.475 e. The van der Waals surface area contributed by atoms with E-state index < -0.39 is 52.2 Å². The van der Waals surface area contributed by atoms with E-state index in [-0.39, 0.29) is 41.0 Å². The van der Waals surface area contributed by atoms with Crippen molar-refractivity contribution in [2.45, 2.75) is 142 Å². The topological polar surface area (TPSA) is 82.0 Å². The fourth-order valence-corrected chi connectivity index (χ4v) is 17.8. The highest BCUT2D eigenvalue weighted by molar-refractivity contribution is 6.78. The molecular formula is C31H50F6O6Si2. The molecule has 0 fully saturated rings. The van der Waals surface area contributed by atoms with Crippen molar-refractivity contribution < 1.29 is 53.9 Å². The van der Waals surface area contributed by atoms with Gasteiger partial charge in [-0.25, -0.2) is 4.79 Å². The quantitative estimate of drug-likeness (QED) is 0.167. The molecule has 0 unspecified atom stereocenters. The van der Waals surface area contributed by atoms with Gasteiger partial charge in [-0.05, 0) is 45.4 Å². The first-order valence-corrected chi connectivity index (χ1v) is 19.5. The molecule has 2 heterocycles. The van der Waals surface area contributed by atoms with Crippen molar-refractivity contribution in [1.82, 2.24) is 0 Å². The van der Waals surface area contributed by atoms with Crippen LogP contribution in [0.25, 0.3) is 0 Å². The third kappa shape index (κ3) is 9.51. The van der Waals surface area contributed by atoms with Crippen molar-refractivity contribution in [3.63, 3.8) is 0 Å². The first kappa shape index (κ1) is 41.0.